The fourth-order valence-electron chi connectivity index (χ4n) is 8.17. The van der Waals surface area contributed by atoms with E-state index in [4.69, 9.17) is 5.10 Å². The Morgan fingerprint density at radius 1 is 0.925 bits per heavy atom. The van der Waals surface area contributed by atoms with Crippen molar-refractivity contribution in [2.75, 3.05) is 36.8 Å². The van der Waals surface area contributed by atoms with Gasteiger partial charge in [-0.2, -0.15) is 5.10 Å². The molecule has 8 rings (SSSR count). The number of pyridine rings is 1. The molecule has 3 aliphatic rings. The molecule has 2 fully saturated rings. The van der Waals surface area contributed by atoms with Gasteiger partial charge < -0.3 is 15.7 Å². The lowest BCUT2D eigenvalue weighted by molar-refractivity contribution is 0.102. The Kier molecular flexibility index (Phi) is 9.88. The fourth-order valence-corrected chi connectivity index (χ4v) is 8.17. The van der Waals surface area contributed by atoms with Gasteiger partial charge >= 0.3 is 0 Å². The van der Waals surface area contributed by atoms with E-state index in [-0.39, 0.29) is 17.8 Å². The summed E-state index contributed by atoms with van der Waals surface area (Å²) in [6.07, 6.45) is 5.04. The first kappa shape index (κ1) is 35.2. The first-order chi connectivity index (χ1) is 25.7. The van der Waals surface area contributed by atoms with Crippen LogP contribution in [0.5, 0.6) is 0 Å². The predicted molar refractivity (Wildman–Crippen MR) is 200 cm³/mol. The maximum absolute atomic E-state index is 14.0. The number of carbonyl (C=O) groups is 1. The molecule has 2 saturated heterocycles. The number of aliphatic hydroxyl groups is 1. The van der Waals surface area contributed by atoms with Gasteiger partial charge in [0.05, 0.1) is 23.4 Å². The van der Waals surface area contributed by atoms with Crippen LogP contribution in [0.15, 0.2) is 54.7 Å². The number of aryl methyl sites for hydroxylation is 1. The van der Waals surface area contributed by atoms with Crippen molar-refractivity contribution in [2.24, 2.45) is 0 Å². The number of piperidine rings is 1. The number of rotatable bonds is 9. The van der Waals surface area contributed by atoms with Gasteiger partial charge in [-0.1, -0.05) is 30.7 Å². The third kappa shape index (κ3) is 7.25. The summed E-state index contributed by atoms with van der Waals surface area (Å²) in [4.78, 5) is 31.3. The zero-order valence-corrected chi connectivity index (χ0v) is 30.2. The van der Waals surface area contributed by atoms with Gasteiger partial charge in [-0.25, -0.2) is 18.7 Å². The van der Waals surface area contributed by atoms with Crippen LogP contribution in [0, 0.1) is 13.8 Å². The number of nitrogens with one attached hydrogen (secondary N) is 2. The Labute approximate surface area is 307 Å². The van der Waals surface area contributed by atoms with Gasteiger partial charge in [0.25, 0.3) is 12.3 Å². The maximum atomic E-state index is 14.0. The van der Waals surface area contributed by atoms with E-state index in [0.29, 0.717) is 53.7 Å². The quantitative estimate of drug-likeness (QED) is 0.144. The molecule has 0 radical (unpaired) electrons. The second kappa shape index (κ2) is 14.9. The van der Waals surface area contributed by atoms with Crippen LogP contribution in [-0.4, -0.2) is 77.8 Å². The smallest absolute Gasteiger partial charge is 0.297 e. The summed E-state index contributed by atoms with van der Waals surface area (Å²) in [6, 6.07) is 15.6. The van der Waals surface area contributed by atoms with Crippen molar-refractivity contribution in [1.29, 1.82) is 0 Å². The van der Waals surface area contributed by atoms with Gasteiger partial charge in [0, 0.05) is 43.8 Å². The zero-order valence-electron chi connectivity index (χ0n) is 30.2. The number of aromatic nitrogens is 5. The number of nitrogens with zero attached hydrogens (tertiary/aromatic N) is 7. The monoisotopic (exact) mass is 721 g/mol. The molecule has 0 saturated carbocycles. The largest absolute Gasteiger partial charge is 0.392 e. The lowest BCUT2D eigenvalue weighted by atomic mass is 9.94. The summed E-state index contributed by atoms with van der Waals surface area (Å²) in [7, 11) is 0. The maximum Gasteiger partial charge on any atom is 0.297 e. The molecular formula is C40H45F2N9O2. The van der Waals surface area contributed by atoms with Gasteiger partial charge in [0.15, 0.2) is 17.3 Å². The number of hydrogen-bond donors (Lipinski definition) is 3. The van der Waals surface area contributed by atoms with Crippen molar-refractivity contribution < 1.29 is 18.7 Å². The summed E-state index contributed by atoms with van der Waals surface area (Å²) in [5.41, 5.74) is 8.06. The number of carbonyl (C=O) groups excluding carboxylic acids is 1. The van der Waals surface area contributed by atoms with Crippen LogP contribution in [0.3, 0.4) is 0 Å². The van der Waals surface area contributed by atoms with Gasteiger partial charge in [0.1, 0.15) is 5.52 Å². The highest BCUT2D eigenvalue weighted by atomic mass is 19.3. The third-order valence-electron chi connectivity index (χ3n) is 11.0. The number of benzene rings is 2. The van der Waals surface area contributed by atoms with Crippen LogP contribution in [0.2, 0.25) is 0 Å². The van der Waals surface area contributed by atoms with Crippen LogP contribution in [0.4, 0.5) is 26.0 Å². The van der Waals surface area contributed by atoms with Crippen LogP contribution in [0.25, 0.3) is 22.2 Å². The number of fused-ring (bicyclic) bond motifs is 2. The van der Waals surface area contributed by atoms with Crippen molar-refractivity contribution >= 4 is 34.1 Å². The van der Waals surface area contributed by atoms with Gasteiger partial charge in [-0.15, -0.1) is 0 Å². The van der Waals surface area contributed by atoms with Crippen molar-refractivity contribution in [3.05, 3.63) is 88.6 Å². The number of amides is 1. The molecule has 0 spiro atoms. The predicted octanol–water partition coefficient (Wildman–Crippen LogP) is 7.33. The highest BCUT2D eigenvalue weighted by Crippen LogP contribution is 2.37. The van der Waals surface area contributed by atoms with E-state index in [9.17, 15) is 18.7 Å². The SMILES string of the molecule is Cc1c(NC(=O)c2cc3n(n2)CCCC3N2CCCCC2)cccc1-c1cccc(Nc2nc(C(F)F)nc3cc(CN4CC[C@@H](O)C4)cnc23)c1C. The molecule has 276 valence electrons. The van der Waals surface area contributed by atoms with Crippen molar-refractivity contribution in [3.8, 4) is 11.1 Å². The fraction of sp³-hybridized carbons (Fsp3) is 0.425. The molecule has 13 heteroatoms. The van der Waals surface area contributed by atoms with E-state index in [1.165, 1.54) is 19.3 Å². The molecule has 3 N–H and O–H groups in total. The summed E-state index contributed by atoms with van der Waals surface area (Å²) in [6.45, 7) is 8.81. The molecular weight excluding hydrogens is 676 g/mol. The molecule has 1 amide bonds. The van der Waals surface area contributed by atoms with Gasteiger partial charge in [-0.3, -0.25) is 24.3 Å². The Morgan fingerprint density at radius 3 is 2.42 bits per heavy atom. The minimum atomic E-state index is -2.87. The molecule has 5 aromatic rings. The number of anilines is 3. The molecule has 11 nitrogen and oxygen atoms in total. The minimum Gasteiger partial charge on any atom is -0.392 e. The second-order valence-corrected chi connectivity index (χ2v) is 14.6. The number of hydrogen-bond acceptors (Lipinski definition) is 9. The first-order valence-electron chi connectivity index (χ1n) is 18.7. The average Bonchev–Trinajstić information content (AvgIpc) is 3.79. The molecule has 3 aromatic heterocycles. The Balaban J connectivity index is 1.04. The summed E-state index contributed by atoms with van der Waals surface area (Å²) in [5.74, 6) is -0.628. The highest BCUT2D eigenvalue weighted by molar-refractivity contribution is 6.04. The summed E-state index contributed by atoms with van der Waals surface area (Å²) < 4.78 is 30.1. The van der Waals surface area contributed by atoms with Crippen molar-refractivity contribution in [3.63, 3.8) is 0 Å². The first-order valence-corrected chi connectivity index (χ1v) is 18.7. The molecule has 2 atom stereocenters. The zero-order chi connectivity index (χ0) is 36.6. The Morgan fingerprint density at radius 2 is 1.68 bits per heavy atom. The Hall–Kier alpha value is -4.85. The van der Waals surface area contributed by atoms with Crippen LogP contribution in [-0.2, 0) is 13.1 Å². The Bertz CT molecular complexity index is 2150. The number of likely N-dealkylation sites (tertiary alicyclic amines) is 2. The molecule has 0 bridgehead atoms. The number of β-amino-alcohol motifs (C(OH)–C–C–N with tert-alkyl or cyclic N) is 1. The standard InChI is InChI=1S/C40H45F2N9O2/c1-24-28(9-6-11-30(24)44-38-36-32(45-39(47-38)37(41)42)19-26(21-43-36)22-49-18-14-27(52)23-49)29-10-7-12-31(25(29)2)46-40(53)33-20-35-34(13-8-17-51(35)48-33)50-15-4-3-5-16-50/h6-7,9-12,19-21,27,34,37,52H,3-5,8,13-18,22-23H2,1-2H3,(H,46,53)(H,44,45,47)/t27-,34?/m1/s1. The third-order valence-corrected chi connectivity index (χ3v) is 11.0. The lowest BCUT2D eigenvalue weighted by Gasteiger charge is -2.36. The highest BCUT2D eigenvalue weighted by Gasteiger charge is 2.30. The summed E-state index contributed by atoms with van der Waals surface area (Å²) in [5, 5.41) is 21.1. The normalized spacial score (nSPS) is 19.5. The number of aliphatic hydroxyl groups excluding tert-OH is 1. The molecule has 0 aliphatic carbocycles. The van der Waals surface area contributed by atoms with Crippen molar-refractivity contribution in [2.45, 2.75) is 84.0 Å². The van der Waals surface area contributed by atoms with Crippen LogP contribution < -0.4 is 10.6 Å². The van der Waals surface area contributed by atoms with Crippen molar-refractivity contribution in [1.82, 2.24) is 34.5 Å². The average molecular weight is 722 g/mol. The van der Waals surface area contributed by atoms with Crippen LogP contribution in [0.1, 0.15) is 89.7 Å². The molecule has 6 heterocycles. The molecule has 2 aromatic carbocycles. The van der Waals surface area contributed by atoms with E-state index >= 15 is 0 Å². The van der Waals surface area contributed by atoms with Crippen LogP contribution >= 0.6 is 0 Å². The van der Waals surface area contributed by atoms with E-state index in [2.05, 4.69) is 35.4 Å². The minimum absolute atomic E-state index is 0.191. The molecule has 3 aliphatic heterocycles. The van der Waals surface area contributed by atoms with E-state index < -0.39 is 12.2 Å². The van der Waals surface area contributed by atoms with E-state index in [1.807, 2.05) is 61.0 Å². The lowest BCUT2D eigenvalue weighted by Crippen LogP contribution is -2.36. The van der Waals surface area contributed by atoms with E-state index in [1.54, 1.807) is 12.3 Å². The topological polar surface area (TPSA) is 124 Å². The van der Waals surface area contributed by atoms with E-state index in [0.717, 1.165) is 72.5 Å². The molecule has 53 heavy (non-hydrogen) atoms. The summed E-state index contributed by atoms with van der Waals surface area (Å²) >= 11 is 0. The van der Waals surface area contributed by atoms with Gasteiger partial charge in [0.2, 0.25) is 0 Å². The molecule has 1 unspecified atom stereocenters. The van der Waals surface area contributed by atoms with Gasteiger partial charge in [-0.05, 0) is 111 Å². The number of alkyl halides is 2. The second-order valence-electron chi connectivity index (χ2n) is 14.6. The number of halogens is 2.